The molecule has 0 aliphatic heterocycles. The van der Waals surface area contributed by atoms with Gasteiger partial charge in [-0.2, -0.15) is 0 Å². The zero-order valence-electron chi connectivity index (χ0n) is 11.9. The van der Waals surface area contributed by atoms with Gasteiger partial charge in [0, 0.05) is 12.1 Å². The lowest BCUT2D eigenvalue weighted by Gasteiger charge is -2.19. The maximum Gasteiger partial charge on any atom is 0.258 e. The number of nitrogens with one attached hydrogen (secondary N) is 1. The van der Waals surface area contributed by atoms with Crippen LogP contribution in [0, 0.1) is 6.92 Å². The molecule has 0 aromatic heterocycles. The molecule has 1 aromatic carbocycles. The van der Waals surface area contributed by atoms with Gasteiger partial charge in [0.25, 0.3) is 5.91 Å². The molecule has 0 aliphatic carbocycles. The molecule has 0 spiro atoms. The maximum atomic E-state index is 11.6. The highest BCUT2D eigenvalue weighted by Crippen LogP contribution is 2.27. The summed E-state index contributed by atoms with van der Waals surface area (Å²) in [7, 11) is 1.57. The first-order valence-electron chi connectivity index (χ1n) is 6.15. The minimum Gasteiger partial charge on any atom is -0.493 e. The van der Waals surface area contributed by atoms with Crippen molar-refractivity contribution in [2.45, 2.75) is 26.3 Å². The fourth-order valence-corrected chi connectivity index (χ4v) is 1.41. The molecule has 0 atom stereocenters. The Labute approximate surface area is 114 Å². The number of hydrogen-bond donors (Lipinski definition) is 2. The van der Waals surface area contributed by atoms with Crippen LogP contribution in [0.1, 0.15) is 19.4 Å². The fraction of sp³-hybridized carbons (Fsp3) is 0.500. The highest BCUT2D eigenvalue weighted by Gasteiger charge is 2.13. The lowest BCUT2D eigenvalue weighted by Crippen LogP contribution is -2.46. The summed E-state index contributed by atoms with van der Waals surface area (Å²) in [4.78, 5) is 11.6. The van der Waals surface area contributed by atoms with Gasteiger partial charge in [-0.1, -0.05) is 6.07 Å². The number of methoxy groups -OCH3 is 1. The second-order valence-corrected chi connectivity index (χ2v) is 5.21. The summed E-state index contributed by atoms with van der Waals surface area (Å²) in [5.74, 6) is 0.961. The molecule has 0 aliphatic rings. The van der Waals surface area contributed by atoms with E-state index in [-0.39, 0.29) is 12.5 Å². The first kappa shape index (κ1) is 15.3. The van der Waals surface area contributed by atoms with Crippen molar-refractivity contribution in [2.24, 2.45) is 5.73 Å². The van der Waals surface area contributed by atoms with E-state index in [2.05, 4.69) is 5.32 Å². The predicted molar refractivity (Wildman–Crippen MR) is 74.5 cm³/mol. The molecule has 0 radical (unpaired) electrons. The standard InChI is InChI=1S/C14H22N2O3/c1-10-5-6-11(12(7-10)18-4)19-8-13(17)16-9-14(2,3)15/h5-7H,8-9,15H2,1-4H3,(H,16,17). The van der Waals surface area contributed by atoms with Gasteiger partial charge in [-0.15, -0.1) is 0 Å². The highest BCUT2D eigenvalue weighted by atomic mass is 16.5. The van der Waals surface area contributed by atoms with E-state index in [1.54, 1.807) is 13.2 Å². The molecule has 0 unspecified atom stereocenters. The van der Waals surface area contributed by atoms with E-state index in [4.69, 9.17) is 15.2 Å². The van der Waals surface area contributed by atoms with E-state index >= 15 is 0 Å². The summed E-state index contributed by atoms with van der Waals surface area (Å²) >= 11 is 0. The van der Waals surface area contributed by atoms with Crippen LogP contribution >= 0.6 is 0 Å². The van der Waals surface area contributed by atoms with E-state index in [0.29, 0.717) is 18.0 Å². The van der Waals surface area contributed by atoms with Crippen molar-refractivity contribution in [3.8, 4) is 11.5 Å². The Balaban J connectivity index is 2.50. The molecule has 0 saturated heterocycles. The lowest BCUT2D eigenvalue weighted by molar-refractivity contribution is -0.123. The lowest BCUT2D eigenvalue weighted by atomic mass is 10.1. The highest BCUT2D eigenvalue weighted by molar-refractivity contribution is 5.77. The summed E-state index contributed by atoms with van der Waals surface area (Å²) in [5.41, 5.74) is 6.41. The van der Waals surface area contributed by atoms with Crippen molar-refractivity contribution in [2.75, 3.05) is 20.3 Å². The Kier molecular flexibility index (Phi) is 5.18. The maximum absolute atomic E-state index is 11.6. The van der Waals surface area contributed by atoms with Crippen LogP contribution in [0.4, 0.5) is 0 Å². The van der Waals surface area contributed by atoms with Gasteiger partial charge in [-0.3, -0.25) is 4.79 Å². The minimum atomic E-state index is -0.433. The second kappa shape index (κ2) is 6.43. The zero-order chi connectivity index (χ0) is 14.5. The number of carbonyl (C=O) groups is 1. The van der Waals surface area contributed by atoms with Crippen molar-refractivity contribution < 1.29 is 14.3 Å². The third-order valence-corrected chi connectivity index (χ3v) is 2.42. The Morgan fingerprint density at radius 3 is 2.63 bits per heavy atom. The minimum absolute atomic E-state index is 0.0600. The molecule has 106 valence electrons. The second-order valence-electron chi connectivity index (χ2n) is 5.21. The average Bonchev–Trinajstić information content (AvgIpc) is 2.33. The number of rotatable bonds is 6. The predicted octanol–water partition coefficient (Wildman–Crippen LogP) is 1.24. The van der Waals surface area contributed by atoms with E-state index in [0.717, 1.165) is 5.56 Å². The molecule has 0 saturated carbocycles. The van der Waals surface area contributed by atoms with Crippen molar-refractivity contribution in [1.82, 2.24) is 5.32 Å². The van der Waals surface area contributed by atoms with E-state index < -0.39 is 5.54 Å². The fourth-order valence-electron chi connectivity index (χ4n) is 1.41. The molecule has 1 rings (SSSR count). The molecule has 0 fully saturated rings. The first-order valence-corrected chi connectivity index (χ1v) is 6.15. The number of aryl methyl sites for hydroxylation is 1. The molecule has 19 heavy (non-hydrogen) atoms. The van der Waals surface area contributed by atoms with Crippen LogP contribution in [0.15, 0.2) is 18.2 Å². The van der Waals surface area contributed by atoms with Gasteiger partial charge < -0.3 is 20.5 Å². The Morgan fingerprint density at radius 2 is 2.05 bits per heavy atom. The summed E-state index contributed by atoms with van der Waals surface area (Å²) < 4.78 is 10.6. The topological polar surface area (TPSA) is 73.6 Å². The van der Waals surface area contributed by atoms with Crippen molar-refractivity contribution >= 4 is 5.91 Å². The first-order chi connectivity index (χ1) is 8.81. The monoisotopic (exact) mass is 266 g/mol. The van der Waals surface area contributed by atoms with Gasteiger partial charge in [0.05, 0.1) is 7.11 Å². The molecular weight excluding hydrogens is 244 g/mol. The van der Waals surface area contributed by atoms with Crippen molar-refractivity contribution in [1.29, 1.82) is 0 Å². The SMILES string of the molecule is COc1cc(C)ccc1OCC(=O)NCC(C)(C)N. The molecule has 1 amide bonds. The number of ether oxygens (including phenoxy) is 2. The largest absolute Gasteiger partial charge is 0.493 e. The van der Waals surface area contributed by atoms with Gasteiger partial charge in [-0.05, 0) is 38.5 Å². The molecule has 0 bridgehead atoms. The number of benzene rings is 1. The molecule has 5 nitrogen and oxygen atoms in total. The van der Waals surface area contributed by atoms with Crippen LogP contribution in [-0.4, -0.2) is 31.7 Å². The van der Waals surface area contributed by atoms with Gasteiger partial charge in [0.2, 0.25) is 0 Å². The van der Waals surface area contributed by atoms with Crippen molar-refractivity contribution in [3.05, 3.63) is 23.8 Å². The number of nitrogens with two attached hydrogens (primary N) is 1. The van der Waals surface area contributed by atoms with Crippen LogP contribution in [0.3, 0.4) is 0 Å². The van der Waals surface area contributed by atoms with Gasteiger partial charge >= 0.3 is 0 Å². The summed E-state index contributed by atoms with van der Waals surface area (Å²) in [5, 5.41) is 2.71. The third kappa shape index (κ3) is 5.61. The normalized spacial score (nSPS) is 11.0. The summed E-state index contributed by atoms with van der Waals surface area (Å²) in [6, 6.07) is 5.54. The smallest absolute Gasteiger partial charge is 0.258 e. The van der Waals surface area contributed by atoms with Crippen LogP contribution in [0.5, 0.6) is 11.5 Å². The molecule has 3 N–H and O–H groups in total. The van der Waals surface area contributed by atoms with Crippen LogP contribution in [0.2, 0.25) is 0 Å². The Bertz CT molecular complexity index is 439. The van der Waals surface area contributed by atoms with Crippen LogP contribution in [0.25, 0.3) is 0 Å². The van der Waals surface area contributed by atoms with Gasteiger partial charge in [0.1, 0.15) is 0 Å². The van der Waals surface area contributed by atoms with Crippen LogP contribution < -0.4 is 20.5 Å². The number of amides is 1. The summed E-state index contributed by atoms with van der Waals surface area (Å²) in [6.45, 7) is 5.99. The van der Waals surface area contributed by atoms with Gasteiger partial charge in [-0.25, -0.2) is 0 Å². The molecular formula is C14H22N2O3. The van der Waals surface area contributed by atoms with Gasteiger partial charge in [0.15, 0.2) is 18.1 Å². The molecule has 1 aromatic rings. The van der Waals surface area contributed by atoms with E-state index in [9.17, 15) is 4.79 Å². The average molecular weight is 266 g/mol. The Morgan fingerprint density at radius 1 is 1.37 bits per heavy atom. The Hall–Kier alpha value is -1.75. The molecule has 0 heterocycles. The van der Waals surface area contributed by atoms with E-state index in [1.807, 2.05) is 32.9 Å². The number of carbonyl (C=O) groups excluding carboxylic acids is 1. The van der Waals surface area contributed by atoms with E-state index in [1.165, 1.54) is 0 Å². The molecule has 5 heteroatoms. The third-order valence-electron chi connectivity index (χ3n) is 2.42. The van der Waals surface area contributed by atoms with Crippen LogP contribution in [-0.2, 0) is 4.79 Å². The van der Waals surface area contributed by atoms with Crippen molar-refractivity contribution in [3.63, 3.8) is 0 Å². The zero-order valence-corrected chi connectivity index (χ0v) is 11.9. The number of hydrogen-bond acceptors (Lipinski definition) is 4. The summed E-state index contributed by atoms with van der Waals surface area (Å²) in [6.07, 6.45) is 0. The quantitative estimate of drug-likeness (QED) is 0.812.